The molecular weight excluding hydrogens is 214 g/mol. The van der Waals surface area contributed by atoms with E-state index in [1.807, 2.05) is 27.7 Å². The minimum Gasteiger partial charge on any atom is -0.322 e. The monoisotopic (exact) mass is 229 g/mol. The standard InChI is InChI=1S/C10H16ClN3O/c1-6-8(12-7(2)15)9(11)13-14(6)10(3,4)5/h1-5H3,(H,12,15). The fourth-order valence-electron chi connectivity index (χ4n) is 1.44. The van der Waals surface area contributed by atoms with Gasteiger partial charge in [-0.2, -0.15) is 5.10 Å². The number of hydrogen-bond donors (Lipinski definition) is 1. The first-order valence-corrected chi connectivity index (χ1v) is 5.14. The van der Waals surface area contributed by atoms with E-state index in [9.17, 15) is 4.79 Å². The SMILES string of the molecule is CC(=O)Nc1c(Cl)nn(C(C)(C)C)c1C. The van der Waals surface area contributed by atoms with Crippen LogP contribution in [0.15, 0.2) is 0 Å². The topological polar surface area (TPSA) is 46.9 Å². The van der Waals surface area contributed by atoms with E-state index in [-0.39, 0.29) is 11.4 Å². The number of aromatic nitrogens is 2. The van der Waals surface area contributed by atoms with Gasteiger partial charge < -0.3 is 5.32 Å². The van der Waals surface area contributed by atoms with Crippen LogP contribution >= 0.6 is 11.6 Å². The Bertz CT molecular complexity index is 390. The summed E-state index contributed by atoms with van der Waals surface area (Å²) in [4.78, 5) is 11.0. The molecule has 1 amide bonds. The Labute approximate surface area is 94.6 Å². The molecule has 84 valence electrons. The zero-order valence-electron chi connectivity index (χ0n) is 9.68. The number of carbonyl (C=O) groups excluding carboxylic acids is 1. The smallest absolute Gasteiger partial charge is 0.221 e. The van der Waals surface area contributed by atoms with Crippen molar-refractivity contribution in [3.63, 3.8) is 0 Å². The summed E-state index contributed by atoms with van der Waals surface area (Å²) in [5.41, 5.74) is 1.31. The third-order valence-corrected chi connectivity index (χ3v) is 2.27. The maximum absolute atomic E-state index is 11.0. The number of nitrogens with one attached hydrogen (secondary N) is 1. The lowest BCUT2D eigenvalue weighted by molar-refractivity contribution is -0.114. The van der Waals surface area contributed by atoms with Gasteiger partial charge in [-0.25, -0.2) is 0 Å². The number of hydrogen-bond acceptors (Lipinski definition) is 2. The lowest BCUT2D eigenvalue weighted by Gasteiger charge is -2.21. The van der Waals surface area contributed by atoms with Crippen molar-refractivity contribution in [1.29, 1.82) is 0 Å². The fourth-order valence-corrected chi connectivity index (χ4v) is 1.70. The molecular formula is C10H16ClN3O. The van der Waals surface area contributed by atoms with Gasteiger partial charge in [-0.15, -0.1) is 0 Å². The highest BCUT2D eigenvalue weighted by Crippen LogP contribution is 2.28. The lowest BCUT2D eigenvalue weighted by atomic mass is 10.1. The van der Waals surface area contributed by atoms with Crippen LogP contribution < -0.4 is 5.32 Å². The molecule has 4 nitrogen and oxygen atoms in total. The minimum atomic E-state index is -0.148. The van der Waals surface area contributed by atoms with Crippen molar-refractivity contribution in [1.82, 2.24) is 9.78 Å². The van der Waals surface area contributed by atoms with Crippen LogP contribution in [0.5, 0.6) is 0 Å². The number of anilines is 1. The number of nitrogens with zero attached hydrogens (tertiary/aromatic N) is 2. The van der Waals surface area contributed by atoms with E-state index >= 15 is 0 Å². The van der Waals surface area contributed by atoms with Crippen LogP contribution in [-0.2, 0) is 10.3 Å². The van der Waals surface area contributed by atoms with Crippen molar-refractivity contribution in [3.05, 3.63) is 10.8 Å². The summed E-state index contributed by atoms with van der Waals surface area (Å²) in [6.07, 6.45) is 0. The van der Waals surface area contributed by atoms with Crippen LogP contribution in [0.3, 0.4) is 0 Å². The van der Waals surface area contributed by atoms with E-state index in [0.29, 0.717) is 10.8 Å². The van der Waals surface area contributed by atoms with Gasteiger partial charge in [0.2, 0.25) is 5.91 Å². The zero-order valence-corrected chi connectivity index (χ0v) is 10.4. The maximum atomic E-state index is 11.0. The molecule has 0 fully saturated rings. The summed E-state index contributed by atoms with van der Waals surface area (Å²) >= 11 is 5.95. The first-order valence-electron chi connectivity index (χ1n) is 4.76. The van der Waals surface area contributed by atoms with Gasteiger partial charge in [-0.1, -0.05) is 11.6 Å². The zero-order chi connectivity index (χ0) is 11.8. The highest BCUT2D eigenvalue weighted by molar-refractivity contribution is 6.32. The van der Waals surface area contributed by atoms with Gasteiger partial charge in [0.1, 0.15) is 5.69 Å². The molecule has 15 heavy (non-hydrogen) atoms. The average Bonchev–Trinajstić information content (AvgIpc) is 2.30. The van der Waals surface area contributed by atoms with Crippen LogP contribution in [0, 0.1) is 6.92 Å². The maximum Gasteiger partial charge on any atom is 0.221 e. The molecule has 0 bridgehead atoms. The summed E-state index contributed by atoms with van der Waals surface area (Å²) < 4.78 is 1.81. The molecule has 0 atom stereocenters. The molecule has 1 heterocycles. The molecule has 1 aromatic heterocycles. The van der Waals surface area contributed by atoms with Gasteiger partial charge in [-0.05, 0) is 27.7 Å². The molecule has 0 spiro atoms. The van der Waals surface area contributed by atoms with Crippen LogP contribution in [0.25, 0.3) is 0 Å². The van der Waals surface area contributed by atoms with Crippen molar-refractivity contribution in [2.24, 2.45) is 0 Å². The minimum absolute atomic E-state index is 0.145. The van der Waals surface area contributed by atoms with Crippen molar-refractivity contribution >= 4 is 23.2 Å². The summed E-state index contributed by atoms with van der Waals surface area (Å²) in [5.74, 6) is -0.145. The molecule has 0 aromatic carbocycles. The van der Waals surface area contributed by atoms with Gasteiger partial charge in [-0.3, -0.25) is 9.48 Å². The lowest BCUT2D eigenvalue weighted by Crippen LogP contribution is -2.24. The summed E-state index contributed by atoms with van der Waals surface area (Å²) in [6, 6.07) is 0. The molecule has 1 aromatic rings. The Hall–Kier alpha value is -1.03. The number of amides is 1. The van der Waals surface area contributed by atoms with E-state index in [1.165, 1.54) is 6.92 Å². The summed E-state index contributed by atoms with van der Waals surface area (Å²) in [5, 5.41) is 7.21. The van der Waals surface area contributed by atoms with Crippen molar-refractivity contribution in [2.45, 2.75) is 40.2 Å². The molecule has 5 heteroatoms. The normalized spacial score (nSPS) is 11.6. The van der Waals surface area contributed by atoms with E-state index in [1.54, 1.807) is 4.68 Å². The second-order valence-corrected chi connectivity index (χ2v) is 4.87. The highest BCUT2D eigenvalue weighted by Gasteiger charge is 2.22. The van der Waals surface area contributed by atoms with Crippen molar-refractivity contribution in [2.75, 3.05) is 5.32 Å². The molecule has 0 aliphatic carbocycles. The summed E-state index contributed by atoms with van der Waals surface area (Å²) in [6.45, 7) is 9.42. The Kier molecular flexibility index (Phi) is 3.09. The largest absolute Gasteiger partial charge is 0.322 e. The van der Waals surface area contributed by atoms with E-state index < -0.39 is 0 Å². The Morgan fingerprint density at radius 3 is 2.33 bits per heavy atom. The van der Waals surface area contributed by atoms with Crippen LogP contribution in [0.1, 0.15) is 33.4 Å². The fraction of sp³-hybridized carbons (Fsp3) is 0.600. The van der Waals surface area contributed by atoms with Crippen LogP contribution in [0.4, 0.5) is 5.69 Å². The molecule has 0 aliphatic rings. The third kappa shape index (κ3) is 2.50. The molecule has 0 saturated heterocycles. The number of halogens is 1. The molecule has 0 saturated carbocycles. The van der Waals surface area contributed by atoms with Gasteiger partial charge in [0.25, 0.3) is 0 Å². The quantitative estimate of drug-likeness (QED) is 0.805. The number of carbonyl (C=O) groups is 1. The predicted molar refractivity (Wildman–Crippen MR) is 61.3 cm³/mol. The van der Waals surface area contributed by atoms with E-state index in [0.717, 1.165) is 5.69 Å². The summed E-state index contributed by atoms with van der Waals surface area (Å²) in [7, 11) is 0. The van der Waals surface area contributed by atoms with Crippen LogP contribution in [-0.4, -0.2) is 15.7 Å². The van der Waals surface area contributed by atoms with Gasteiger partial charge in [0.15, 0.2) is 5.15 Å². The van der Waals surface area contributed by atoms with Gasteiger partial charge in [0, 0.05) is 6.92 Å². The van der Waals surface area contributed by atoms with Crippen LogP contribution in [0.2, 0.25) is 5.15 Å². The highest BCUT2D eigenvalue weighted by atomic mass is 35.5. The van der Waals surface area contributed by atoms with Gasteiger partial charge >= 0.3 is 0 Å². The number of rotatable bonds is 1. The molecule has 1 N–H and O–H groups in total. The first kappa shape index (κ1) is 12.0. The van der Waals surface area contributed by atoms with Crippen molar-refractivity contribution < 1.29 is 4.79 Å². The van der Waals surface area contributed by atoms with E-state index in [4.69, 9.17) is 11.6 Å². The second kappa shape index (κ2) is 3.85. The molecule has 1 rings (SSSR count). The van der Waals surface area contributed by atoms with Gasteiger partial charge in [0.05, 0.1) is 11.2 Å². The third-order valence-electron chi connectivity index (χ3n) is 2.01. The molecule has 0 aliphatic heterocycles. The Balaban J connectivity index is 3.21. The van der Waals surface area contributed by atoms with E-state index in [2.05, 4.69) is 10.4 Å². The Morgan fingerprint density at radius 1 is 1.47 bits per heavy atom. The average molecular weight is 230 g/mol. The second-order valence-electron chi connectivity index (χ2n) is 4.52. The molecule has 0 radical (unpaired) electrons. The molecule has 0 unspecified atom stereocenters. The first-order chi connectivity index (χ1) is 6.73. The van der Waals surface area contributed by atoms with Crippen molar-refractivity contribution in [3.8, 4) is 0 Å². The Morgan fingerprint density at radius 2 is 2.00 bits per heavy atom. The predicted octanol–water partition coefficient (Wildman–Crippen LogP) is 2.56.